The lowest BCUT2D eigenvalue weighted by molar-refractivity contribution is -0.132. The number of para-hydroxylation sites is 1. The maximum absolute atomic E-state index is 13.3. The minimum Gasteiger partial charge on any atom is -0.318 e. The van der Waals surface area contributed by atoms with Crippen molar-refractivity contribution in [2.24, 2.45) is 0 Å². The van der Waals surface area contributed by atoms with Crippen molar-refractivity contribution in [1.82, 2.24) is 0 Å². The molecule has 164 valence electrons. The molecule has 0 saturated heterocycles. The number of nitrogens with zero attached hydrogens (tertiary/aromatic N) is 1. The summed E-state index contributed by atoms with van der Waals surface area (Å²) in [6.45, 7) is 2.24. The summed E-state index contributed by atoms with van der Waals surface area (Å²) in [4.78, 5) is 24.8. The largest absolute Gasteiger partial charge is 0.318 e. The van der Waals surface area contributed by atoms with Gasteiger partial charge < -0.3 is 10.6 Å². The summed E-state index contributed by atoms with van der Waals surface area (Å²) >= 11 is 0. The molecule has 0 atom stereocenters. The van der Waals surface area contributed by atoms with Gasteiger partial charge in [0.15, 0.2) is 0 Å². The van der Waals surface area contributed by atoms with Crippen LogP contribution in [0.3, 0.4) is 0 Å². The molecule has 32 heavy (non-hydrogen) atoms. The third-order valence-electron chi connectivity index (χ3n) is 5.27. The summed E-state index contributed by atoms with van der Waals surface area (Å²) in [5, 5.41) is 5.08. The highest BCUT2D eigenvalue weighted by atomic mass is 32.2. The van der Waals surface area contributed by atoms with E-state index in [1.165, 1.54) is 4.31 Å². The van der Waals surface area contributed by atoms with Crippen LogP contribution in [0.25, 0.3) is 0 Å². The Kier molecular flexibility index (Phi) is 5.96. The number of carbonyl (C=O) groups is 2. The number of amides is 2. The van der Waals surface area contributed by atoms with Crippen LogP contribution in [-0.2, 0) is 26.0 Å². The van der Waals surface area contributed by atoms with E-state index in [0.29, 0.717) is 30.0 Å². The van der Waals surface area contributed by atoms with Crippen molar-refractivity contribution in [3.05, 3.63) is 83.9 Å². The fourth-order valence-corrected chi connectivity index (χ4v) is 5.14. The zero-order valence-corrected chi connectivity index (χ0v) is 18.4. The van der Waals surface area contributed by atoms with Crippen LogP contribution in [0.2, 0.25) is 0 Å². The second kappa shape index (κ2) is 8.84. The smallest absolute Gasteiger partial charge is 0.314 e. The molecule has 2 N–H and O–H groups in total. The number of hydrogen-bond acceptors (Lipinski definition) is 4. The lowest BCUT2D eigenvalue weighted by Gasteiger charge is -2.31. The topological polar surface area (TPSA) is 95.6 Å². The van der Waals surface area contributed by atoms with E-state index in [-0.39, 0.29) is 4.90 Å². The van der Waals surface area contributed by atoms with E-state index in [9.17, 15) is 18.0 Å². The molecule has 0 aromatic heterocycles. The molecular formula is C24H23N3O4S. The van der Waals surface area contributed by atoms with Crippen LogP contribution in [0.1, 0.15) is 17.5 Å². The van der Waals surface area contributed by atoms with Gasteiger partial charge in [-0.15, -0.1) is 0 Å². The van der Waals surface area contributed by atoms with E-state index in [1.807, 2.05) is 6.92 Å². The van der Waals surface area contributed by atoms with Gasteiger partial charge in [0.05, 0.1) is 10.6 Å². The number of carbonyl (C=O) groups excluding carboxylic acids is 2. The molecule has 0 saturated carbocycles. The first-order valence-corrected chi connectivity index (χ1v) is 11.7. The normalized spacial score (nSPS) is 13.2. The molecule has 0 unspecified atom stereocenters. The van der Waals surface area contributed by atoms with Gasteiger partial charge in [-0.1, -0.05) is 42.0 Å². The Morgan fingerprint density at radius 3 is 2.19 bits per heavy atom. The van der Waals surface area contributed by atoms with Crippen LogP contribution in [0.5, 0.6) is 0 Å². The number of sulfonamides is 1. The first-order valence-electron chi connectivity index (χ1n) is 10.2. The molecule has 0 spiro atoms. The van der Waals surface area contributed by atoms with Crippen molar-refractivity contribution >= 4 is 38.9 Å². The van der Waals surface area contributed by atoms with E-state index in [2.05, 4.69) is 10.6 Å². The van der Waals surface area contributed by atoms with E-state index >= 15 is 0 Å². The molecule has 3 aromatic carbocycles. The maximum atomic E-state index is 13.3. The zero-order valence-electron chi connectivity index (χ0n) is 17.5. The van der Waals surface area contributed by atoms with E-state index in [1.54, 1.807) is 72.8 Å². The van der Waals surface area contributed by atoms with Crippen LogP contribution in [0.4, 0.5) is 17.1 Å². The number of nitrogens with one attached hydrogen (secondary N) is 2. The number of hydrogen-bond donors (Lipinski definition) is 2. The second-order valence-corrected chi connectivity index (χ2v) is 9.47. The number of rotatable bonds is 4. The molecule has 1 aliphatic rings. The number of fused-ring (bicyclic) bond motifs is 1. The Labute approximate surface area is 187 Å². The fraction of sp³-hybridized carbons (Fsp3) is 0.167. The van der Waals surface area contributed by atoms with Crippen molar-refractivity contribution in [1.29, 1.82) is 0 Å². The van der Waals surface area contributed by atoms with Gasteiger partial charge >= 0.3 is 11.8 Å². The lowest BCUT2D eigenvalue weighted by Crippen LogP contribution is -2.35. The highest BCUT2D eigenvalue weighted by Crippen LogP contribution is 2.34. The average molecular weight is 450 g/mol. The number of anilines is 3. The maximum Gasteiger partial charge on any atom is 0.314 e. The van der Waals surface area contributed by atoms with Crippen LogP contribution in [0, 0.1) is 6.92 Å². The molecule has 1 aliphatic heterocycles. The van der Waals surface area contributed by atoms with Gasteiger partial charge in [0.25, 0.3) is 10.0 Å². The fourth-order valence-electron chi connectivity index (χ4n) is 3.60. The zero-order chi connectivity index (χ0) is 22.7. The molecule has 7 nitrogen and oxygen atoms in total. The van der Waals surface area contributed by atoms with Gasteiger partial charge in [0, 0.05) is 17.9 Å². The second-order valence-electron chi connectivity index (χ2n) is 7.61. The van der Waals surface area contributed by atoms with Gasteiger partial charge in [-0.25, -0.2) is 8.42 Å². The van der Waals surface area contributed by atoms with Gasteiger partial charge in [-0.05, 0) is 61.7 Å². The predicted octanol–water partition coefficient (Wildman–Crippen LogP) is 3.71. The van der Waals surface area contributed by atoms with Crippen molar-refractivity contribution < 1.29 is 18.0 Å². The monoisotopic (exact) mass is 449 g/mol. The summed E-state index contributed by atoms with van der Waals surface area (Å²) in [5.74, 6) is -1.64. The highest BCUT2D eigenvalue weighted by molar-refractivity contribution is 7.92. The Bertz CT molecular complexity index is 1260. The van der Waals surface area contributed by atoms with Gasteiger partial charge in [-0.3, -0.25) is 13.9 Å². The van der Waals surface area contributed by atoms with Crippen molar-refractivity contribution in [2.75, 3.05) is 21.5 Å². The molecule has 0 radical (unpaired) electrons. The molecule has 3 aromatic rings. The number of aryl methyl sites for hydroxylation is 2. The third-order valence-corrected chi connectivity index (χ3v) is 7.09. The lowest BCUT2D eigenvalue weighted by atomic mass is 10.0. The quantitative estimate of drug-likeness (QED) is 0.594. The van der Waals surface area contributed by atoms with Crippen LogP contribution < -0.4 is 14.9 Å². The van der Waals surface area contributed by atoms with Crippen molar-refractivity contribution in [2.45, 2.75) is 24.7 Å². The number of benzene rings is 3. The summed E-state index contributed by atoms with van der Waals surface area (Å²) < 4.78 is 27.9. The van der Waals surface area contributed by atoms with Gasteiger partial charge in [-0.2, -0.15) is 0 Å². The first-order chi connectivity index (χ1) is 15.3. The summed E-state index contributed by atoms with van der Waals surface area (Å²) in [6, 6.07) is 20.4. The van der Waals surface area contributed by atoms with Crippen LogP contribution in [-0.4, -0.2) is 26.8 Å². The molecule has 4 rings (SSSR count). The summed E-state index contributed by atoms with van der Waals surface area (Å²) in [5.41, 5.74) is 3.22. The molecule has 0 fully saturated rings. The molecule has 0 aliphatic carbocycles. The van der Waals surface area contributed by atoms with E-state index < -0.39 is 21.8 Å². The van der Waals surface area contributed by atoms with Crippen LogP contribution >= 0.6 is 0 Å². The molecular weight excluding hydrogens is 426 g/mol. The van der Waals surface area contributed by atoms with Crippen LogP contribution in [0.15, 0.2) is 77.7 Å². The minimum atomic E-state index is -3.75. The van der Waals surface area contributed by atoms with Gasteiger partial charge in [0.2, 0.25) is 0 Å². The Balaban J connectivity index is 1.57. The highest BCUT2D eigenvalue weighted by Gasteiger charge is 2.29. The predicted molar refractivity (Wildman–Crippen MR) is 124 cm³/mol. The van der Waals surface area contributed by atoms with E-state index in [0.717, 1.165) is 17.5 Å². The third kappa shape index (κ3) is 4.50. The Hall–Kier alpha value is -3.65. The molecule has 1 heterocycles. The van der Waals surface area contributed by atoms with Gasteiger partial charge in [0.1, 0.15) is 0 Å². The minimum absolute atomic E-state index is 0.215. The Morgan fingerprint density at radius 1 is 0.844 bits per heavy atom. The molecule has 0 bridgehead atoms. The van der Waals surface area contributed by atoms with Crippen molar-refractivity contribution in [3.8, 4) is 0 Å². The van der Waals surface area contributed by atoms with Crippen molar-refractivity contribution in [3.63, 3.8) is 0 Å². The Morgan fingerprint density at radius 2 is 1.50 bits per heavy atom. The standard InChI is InChI=1S/C24H23N3O4S/c1-17-9-13-21(14-10-17)32(30,31)27-15-5-6-18-11-12-20(16-22(18)27)26-24(29)23(28)25-19-7-3-2-4-8-19/h2-4,7-14,16H,5-6,15H2,1H3,(H,25,28)(H,26,29). The molecule has 2 amide bonds. The average Bonchev–Trinajstić information content (AvgIpc) is 2.79. The summed E-state index contributed by atoms with van der Waals surface area (Å²) in [6.07, 6.45) is 1.43. The molecule has 8 heteroatoms. The first kappa shape index (κ1) is 21.6. The summed E-state index contributed by atoms with van der Waals surface area (Å²) in [7, 11) is -3.75. The van der Waals surface area contributed by atoms with E-state index in [4.69, 9.17) is 0 Å². The SMILES string of the molecule is Cc1ccc(S(=O)(=O)N2CCCc3ccc(NC(=O)C(=O)Nc4ccccc4)cc32)cc1.